The SMILES string of the molecule is CC(C)N(C)/C(=N\C(=N)c1cc(-c2ccccc2)cc(-c2ccccc2)c1)c1ccccc1. The zero-order valence-electron chi connectivity index (χ0n) is 19.4. The summed E-state index contributed by atoms with van der Waals surface area (Å²) in [6.45, 7) is 4.26. The van der Waals surface area contributed by atoms with E-state index in [1.54, 1.807) is 0 Å². The van der Waals surface area contributed by atoms with Crippen molar-refractivity contribution in [3.8, 4) is 22.3 Å². The summed E-state index contributed by atoms with van der Waals surface area (Å²) < 4.78 is 0. The fraction of sp³-hybridized carbons (Fsp3) is 0.133. The van der Waals surface area contributed by atoms with Gasteiger partial charge < -0.3 is 4.90 Å². The molecule has 4 aromatic rings. The first-order valence-corrected chi connectivity index (χ1v) is 11.2. The van der Waals surface area contributed by atoms with Crippen molar-refractivity contribution in [1.29, 1.82) is 5.41 Å². The Labute approximate surface area is 196 Å². The van der Waals surface area contributed by atoms with Gasteiger partial charge in [-0.2, -0.15) is 0 Å². The summed E-state index contributed by atoms with van der Waals surface area (Å²) in [5, 5.41) is 8.95. The lowest BCUT2D eigenvalue weighted by atomic mass is 9.96. The van der Waals surface area contributed by atoms with Crippen LogP contribution in [-0.4, -0.2) is 29.7 Å². The minimum Gasteiger partial charge on any atom is -0.357 e. The second-order valence-corrected chi connectivity index (χ2v) is 8.39. The van der Waals surface area contributed by atoms with Crippen LogP contribution < -0.4 is 0 Å². The first kappa shape index (κ1) is 22.2. The van der Waals surface area contributed by atoms with Gasteiger partial charge in [0.15, 0.2) is 5.84 Å². The molecule has 0 saturated carbocycles. The zero-order valence-corrected chi connectivity index (χ0v) is 19.4. The van der Waals surface area contributed by atoms with Gasteiger partial charge in [-0.25, -0.2) is 4.99 Å². The van der Waals surface area contributed by atoms with Gasteiger partial charge in [-0.1, -0.05) is 91.0 Å². The predicted octanol–water partition coefficient (Wildman–Crippen LogP) is 7.13. The quantitative estimate of drug-likeness (QED) is 0.265. The Morgan fingerprint density at radius 2 is 1.09 bits per heavy atom. The molecule has 4 aromatic carbocycles. The molecule has 0 fully saturated rings. The van der Waals surface area contributed by atoms with Crippen LogP contribution in [-0.2, 0) is 0 Å². The van der Waals surface area contributed by atoms with Crippen molar-refractivity contribution in [3.05, 3.63) is 120 Å². The van der Waals surface area contributed by atoms with Crippen LogP contribution in [0.2, 0.25) is 0 Å². The van der Waals surface area contributed by atoms with Crippen molar-refractivity contribution in [1.82, 2.24) is 4.90 Å². The topological polar surface area (TPSA) is 39.5 Å². The molecule has 0 radical (unpaired) electrons. The highest BCUT2D eigenvalue weighted by atomic mass is 15.2. The maximum absolute atomic E-state index is 8.95. The zero-order chi connectivity index (χ0) is 23.2. The van der Waals surface area contributed by atoms with Crippen LogP contribution in [0.3, 0.4) is 0 Å². The van der Waals surface area contributed by atoms with E-state index >= 15 is 0 Å². The number of hydrogen-bond donors (Lipinski definition) is 1. The van der Waals surface area contributed by atoms with Crippen molar-refractivity contribution in [2.45, 2.75) is 19.9 Å². The Bertz CT molecular complexity index is 1190. The van der Waals surface area contributed by atoms with Crippen LogP contribution in [0.15, 0.2) is 114 Å². The molecule has 4 rings (SSSR count). The molecule has 33 heavy (non-hydrogen) atoms. The summed E-state index contributed by atoms with van der Waals surface area (Å²) in [6.07, 6.45) is 0. The van der Waals surface area contributed by atoms with Crippen LogP contribution >= 0.6 is 0 Å². The molecule has 3 nitrogen and oxygen atoms in total. The maximum Gasteiger partial charge on any atom is 0.154 e. The monoisotopic (exact) mass is 431 g/mol. The Morgan fingerprint density at radius 3 is 1.55 bits per heavy atom. The minimum absolute atomic E-state index is 0.247. The molecule has 0 aliphatic heterocycles. The smallest absolute Gasteiger partial charge is 0.154 e. The summed E-state index contributed by atoms with van der Waals surface area (Å²) in [7, 11) is 2.03. The standard InChI is InChI=1S/C30H29N3/c1-22(2)33(3)30(25-17-11-6-12-18-25)32-29(31)28-20-26(23-13-7-4-8-14-23)19-27(21-28)24-15-9-5-10-16-24/h4-22,31H,1-3H3/b31-29?,32-30-. The molecule has 0 aromatic heterocycles. The third-order valence-corrected chi connectivity index (χ3v) is 5.78. The van der Waals surface area contributed by atoms with E-state index in [1.165, 1.54) is 0 Å². The average Bonchev–Trinajstić information content (AvgIpc) is 2.88. The van der Waals surface area contributed by atoms with Crippen molar-refractivity contribution >= 4 is 11.7 Å². The fourth-order valence-electron chi connectivity index (χ4n) is 3.71. The Kier molecular flexibility index (Phi) is 6.80. The van der Waals surface area contributed by atoms with E-state index < -0.39 is 0 Å². The van der Waals surface area contributed by atoms with Gasteiger partial charge >= 0.3 is 0 Å². The molecular weight excluding hydrogens is 402 g/mol. The molecule has 1 N–H and O–H groups in total. The molecule has 0 aliphatic rings. The molecule has 3 heteroatoms. The van der Waals surface area contributed by atoms with Gasteiger partial charge in [-0.3, -0.25) is 5.41 Å². The second kappa shape index (κ2) is 10.1. The van der Waals surface area contributed by atoms with Crippen LogP contribution in [0.25, 0.3) is 22.3 Å². The molecule has 0 heterocycles. The number of nitrogens with one attached hydrogen (secondary N) is 1. The molecule has 0 amide bonds. The van der Waals surface area contributed by atoms with Crippen LogP contribution in [0.5, 0.6) is 0 Å². The van der Waals surface area contributed by atoms with E-state index in [2.05, 4.69) is 61.2 Å². The Morgan fingerprint density at radius 1 is 0.636 bits per heavy atom. The number of hydrogen-bond acceptors (Lipinski definition) is 1. The fourth-order valence-corrected chi connectivity index (χ4v) is 3.71. The Hall–Kier alpha value is -3.98. The molecule has 0 bridgehead atoms. The van der Waals surface area contributed by atoms with E-state index in [9.17, 15) is 0 Å². The van der Waals surface area contributed by atoms with Crippen molar-refractivity contribution < 1.29 is 0 Å². The van der Waals surface area contributed by atoms with Crippen molar-refractivity contribution in [2.75, 3.05) is 7.05 Å². The van der Waals surface area contributed by atoms with E-state index in [-0.39, 0.29) is 11.9 Å². The summed E-state index contributed by atoms with van der Waals surface area (Å²) in [6, 6.07) is 37.3. The normalized spacial score (nSPS) is 11.5. The number of amidine groups is 2. The highest BCUT2D eigenvalue weighted by Gasteiger charge is 2.15. The van der Waals surface area contributed by atoms with Gasteiger partial charge in [0.1, 0.15) is 5.84 Å². The summed E-state index contributed by atoms with van der Waals surface area (Å²) in [4.78, 5) is 6.95. The highest BCUT2D eigenvalue weighted by Crippen LogP contribution is 2.29. The summed E-state index contributed by atoms with van der Waals surface area (Å²) in [5.41, 5.74) is 6.18. The highest BCUT2D eigenvalue weighted by molar-refractivity contribution is 6.11. The van der Waals surface area contributed by atoms with E-state index in [0.717, 1.165) is 39.2 Å². The summed E-state index contributed by atoms with van der Waals surface area (Å²) >= 11 is 0. The van der Waals surface area contributed by atoms with E-state index in [0.29, 0.717) is 0 Å². The van der Waals surface area contributed by atoms with Crippen molar-refractivity contribution in [3.63, 3.8) is 0 Å². The Balaban J connectivity index is 1.83. The lowest BCUT2D eigenvalue weighted by Crippen LogP contribution is -2.34. The number of aliphatic imine (C=N–C) groups is 1. The van der Waals surface area contributed by atoms with Gasteiger partial charge in [0, 0.05) is 24.2 Å². The summed E-state index contributed by atoms with van der Waals surface area (Å²) in [5.74, 6) is 1.04. The lowest BCUT2D eigenvalue weighted by Gasteiger charge is -2.25. The molecule has 0 saturated heterocycles. The van der Waals surface area contributed by atoms with Crippen LogP contribution in [0.1, 0.15) is 25.0 Å². The first-order chi connectivity index (χ1) is 16.0. The molecular formula is C30H29N3. The molecule has 0 atom stereocenters. The molecule has 0 aliphatic carbocycles. The number of benzene rings is 4. The van der Waals surface area contributed by atoms with Crippen molar-refractivity contribution in [2.24, 2.45) is 4.99 Å². The predicted molar refractivity (Wildman–Crippen MR) is 140 cm³/mol. The van der Waals surface area contributed by atoms with Gasteiger partial charge in [0.05, 0.1) is 0 Å². The maximum atomic E-state index is 8.95. The second-order valence-electron chi connectivity index (χ2n) is 8.39. The van der Waals surface area contributed by atoms with Crippen LogP contribution in [0.4, 0.5) is 0 Å². The largest absolute Gasteiger partial charge is 0.357 e. The first-order valence-electron chi connectivity index (χ1n) is 11.2. The average molecular weight is 432 g/mol. The molecule has 164 valence electrons. The molecule has 0 unspecified atom stereocenters. The van der Waals surface area contributed by atoms with Gasteiger partial charge in [0.2, 0.25) is 0 Å². The van der Waals surface area contributed by atoms with Crippen LogP contribution in [0, 0.1) is 5.41 Å². The minimum atomic E-state index is 0.247. The third-order valence-electron chi connectivity index (χ3n) is 5.78. The number of nitrogens with zero attached hydrogens (tertiary/aromatic N) is 2. The van der Waals surface area contributed by atoms with E-state index in [1.807, 2.05) is 73.8 Å². The third kappa shape index (κ3) is 5.27. The molecule has 0 spiro atoms. The lowest BCUT2D eigenvalue weighted by molar-refractivity contribution is 0.418. The van der Waals surface area contributed by atoms with Gasteiger partial charge in [-0.05, 0) is 54.3 Å². The van der Waals surface area contributed by atoms with Gasteiger partial charge in [-0.15, -0.1) is 0 Å². The number of rotatable bonds is 5. The van der Waals surface area contributed by atoms with Gasteiger partial charge in [0.25, 0.3) is 0 Å². The van der Waals surface area contributed by atoms with E-state index in [4.69, 9.17) is 10.4 Å².